The largest absolute Gasteiger partial charge is 0.384 e. The van der Waals surface area contributed by atoms with Crippen molar-refractivity contribution in [3.63, 3.8) is 0 Å². The summed E-state index contributed by atoms with van der Waals surface area (Å²) in [6.07, 6.45) is 2.57. The fourth-order valence-electron chi connectivity index (χ4n) is 2.73. The third kappa shape index (κ3) is 5.57. The molecule has 1 saturated heterocycles. The molecular weight excluding hydrogens is 357 g/mol. The summed E-state index contributed by atoms with van der Waals surface area (Å²) in [5, 5.41) is 9.58. The molecule has 2 heterocycles. The first-order valence-corrected chi connectivity index (χ1v) is 8.44. The topological polar surface area (TPSA) is 63.2 Å². The fraction of sp³-hybridized carbons (Fsp3) is 0.733. The zero-order valence-electron chi connectivity index (χ0n) is 13.9. The molecular formula is C15H27Cl2N3O2S. The molecule has 1 amide bonds. The van der Waals surface area contributed by atoms with Crippen molar-refractivity contribution in [2.45, 2.75) is 39.2 Å². The Kier molecular flexibility index (Phi) is 10.3. The van der Waals surface area contributed by atoms with Crippen molar-refractivity contribution in [3.8, 4) is 0 Å². The summed E-state index contributed by atoms with van der Waals surface area (Å²) in [6.45, 7) is 6.29. The Morgan fingerprint density at radius 1 is 1.48 bits per heavy atom. The monoisotopic (exact) mass is 383 g/mol. The lowest BCUT2D eigenvalue weighted by atomic mass is 9.78. The number of ether oxygens (including phenoxy) is 1. The predicted octanol–water partition coefficient (Wildman–Crippen LogP) is 2.74. The molecule has 1 unspecified atom stereocenters. The van der Waals surface area contributed by atoms with Gasteiger partial charge in [-0.1, -0.05) is 6.92 Å². The second kappa shape index (κ2) is 10.5. The van der Waals surface area contributed by atoms with E-state index in [9.17, 15) is 4.79 Å². The van der Waals surface area contributed by atoms with Gasteiger partial charge in [-0.25, -0.2) is 4.98 Å². The number of aryl methyl sites for hydroxylation is 1. The van der Waals surface area contributed by atoms with Crippen LogP contribution in [0.5, 0.6) is 0 Å². The van der Waals surface area contributed by atoms with Crippen LogP contribution in [0.3, 0.4) is 0 Å². The number of aromatic nitrogens is 1. The maximum Gasteiger partial charge on any atom is 0.229 e. The van der Waals surface area contributed by atoms with Crippen LogP contribution in [0.15, 0.2) is 5.38 Å². The van der Waals surface area contributed by atoms with Gasteiger partial charge >= 0.3 is 0 Å². The highest BCUT2D eigenvalue weighted by molar-refractivity contribution is 7.09. The number of nitrogens with zero attached hydrogens (tertiary/aromatic N) is 1. The summed E-state index contributed by atoms with van der Waals surface area (Å²) in [5.41, 5.74) is 0.546. The highest BCUT2D eigenvalue weighted by Gasteiger charge is 2.40. The number of carbonyl (C=O) groups is 1. The van der Waals surface area contributed by atoms with E-state index in [4.69, 9.17) is 4.74 Å². The molecule has 1 fully saturated rings. The molecule has 0 aromatic carbocycles. The molecule has 1 atom stereocenters. The van der Waals surface area contributed by atoms with Gasteiger partial charge in [0.2, 0.25) is 5.91 Å². The average molecular weight is 384 g/mol. The number of nitrogens with one attached hydrogen (secondary N) is 2. The van der Waals surface area contributed by atoms with E-state index in [1.54, 1.807) is 18.4 Å². The molecule has 0 saturated carbocycles. The van der Waals surface area contributed by atoms with E-state index in [1.165, 1.54) is 0 Å². The van der Waals surface area contributed by atoms with Crippen LogP contribution in [0.2, 0.25) is 0 Å². The Morgan fingerprint density at radius 2 is 2.13 bits per heavy atom. The van der Waals surface area contributed by atoms with Gasteiger partial charge in [-0.15, -0.1) is 36.2 Å². The maximum absolute atomic E-state index is 12.7. The predicted molar refractivity (Wildman–Crippen MR) is 99.0 cm³/mol. The first kappa shape index (κ1) is 22.6. The first-order chi connectivity index (χ1) is 10.1. The van der Waals surface area contributed by atoms with Crippen LogP contribution in [0.4, 0.5) is 0 Å². The Labute approximate surface area is 154 Å². The van der Waals surface area contributed by atoms with Gasteiger partial charge < -0.3 is 15.4 Å². The van der Waals surface area contributed by atoms with E-state index >= 15 is 0 Å². The van der Waals surface area contributed by atoms with E-state index in [1.807, 2.05) is 12.3 Å². The molecule has 5 nitrogen and oxygen atoms in total. The highest BCUT2D eigenvalue weighted by Crippen LogP contribution is 2.30. The molecule has 2 rings (SSSR count). The molecule has 1 aliphatic rings. The van der Waals surface area contributed by atoms with Crippen molar-refractivity contribution in [1.29, 1.82) is 0 Å². The van der Waals surface area contributed by atoms with E-state index in [0.717, 1.165) is 43.1 Å². The Hall–Kier alpha value is -0.400. The van der Waals surface area contributed by atoms with Crippen molar-refractivity contribution >= 4 is 42.1 Å². The molecule has 0 spiro atoms. The summed E-state index contributed by atoms with van der Waals surface area (Å²) in [4.78, 5) is 17.3. The van der Waals surface area contributed by atoms with Crippen LogP contribution in [0.1, 0.15) is 43.4 Å². The standard InChI is InChI=1S/C15H25N3O2S.2ClH/c1-4-13-18-12(9-21-13)11(2)17-14(19)15(10-20-3)5-7-16-8-6-15;;/h9,11,16H,4-8,10H2,1-3H3,(H,17,19);2*1H. The van der Waals surface area contributed by atoms with Crippen LogP contribution in [0.25, 0.3) is 0 Å². The van der Waals surface area contributed by atoms with Crippen molar-refractivity contribution in [2.24, 2.45) is 5.41 Å². The van der Waals surface area contributed by atoms with Gasteiger partial charge in [0.05, 0.1) is 28.8 Å². The fourth-order valence-corrected chi connectivity index (χ4v) is 3.57. The first-order valence-electron chi connectivity index (χ1n) is 7.56. The van der Waals surface area contributed by atoms with Crippen LogP contribution >= 0.6 is 36.2 Å². The molecule has 1 aromatic heterocycles. The normalized spacial score (nSPS) is 17.5. The smallest absolute Gasteiger partial charge is 0.229 e. The Morgan fingerprint density at radius 3 is 2.65 bits per heavy atom. The molecule has 23 heavy (non-hydrogen) atoms. The van der Waals surface area contributed by atoms with Crippen LogP contribution in [0, 0.1) is 5.41 Å². The van der Waals surface area contributed by atoms with Crippen LogP contribution in [-0.4, -0.2) is 37.7 Å². The lowest BCUT2D eigenvalue weighted by molar-refractivity contribution is -0.136. The zero-order valence-corrected chi connectivity index (χ0v) is 16.3. The minimum absolute atomic E-state index is 0. The lowest BCUT2D eigenvalue weighted by Crippen LogP contribution is -2.50. The Balaban J connectivity index is 0.00000242. The number of hydrogen-bond donors (Lipinski definition) is 2. The minimum atomic E-state index is -0.405. The second-order valence-electron chi connectivity index (χ2n) is 5.68. The molecule has 2 N–H and O–H groups in total. The third-order valence-corrected chi connectivity index (χ3v) is 5.14. The van der Waals surface area contributed by atoms with Gasteiger partial charge in [0, 0.05) is 12.5 Å². The Bertz CT molecular complexity index is 474. The number of piperidine rings is 1. The van der Waals surface area contributed by atoms with E-state index < -0.39 is 5.41 Å². The number of hydrogen-bond acceptors (Lipinski definition) is 5. The van der Waals surface area contributed by atoms with Crippen molar-refractivity contribution in [2.75, 3.05) is 26.8 Å². The van der Waals surface area contributed by atoms with Gasteiger partial charge in [-0.05, 0) is 39.3 Å². The molecule has 0 radical (unpaired) electrons. The molecule has 0 aliphatic carbocycles. The van der Waals surface area contributed by atoms with Gasteiger partial charge in [0.15, 0.2) is 0 Å². The molecule has 134 valence electrons. The lowest BCUT2D eigenvalue weighted by Gasteiger charge is -2.36. The van der Waals surface area contributed by atoms with Gasteiger partial charge in [-0.3, -0.25) is 4.79 Å². The number of halogens is 2. The molecule has 1 aliphatic heterocycles. The van der Waals surface area contributed by atoms with Gasteiger partial charge in [0.25, 0.3) is 0 Å². The summed E-state index contributed by atoms with van der Waals surface area (Å²) < 4.78 is 5.31. The third-order valence-electron chi connectivity index (χ3n) is 4.13. The van der Waals surface area contributed by atoms with Crippen molar-refractivity contribution in [3.05, 3.63) is 16.1 Å². The number of amides is 1. The number of rotatable bonds is 6. The minimum Gasteiger partial charge on any atom is -0.384 e. The second-order valence-corrected chi connectivity index (χ2v) is 6.62. The van der Waals surface area contributed by atoms with Gasteiger partial charge in [-0.2, -0.15) is 0 Å². The summed E-state index contributed by atoms with van der Waals surface area (Å²) in [5.74, 6) is 0.0874. The molecule has 1 aromatic rings. The molecule has 8 heteroatoms. The summed E-state index contributed by atoms with van der Waals surface area (Å²) in [7, 11) is 1.66. The van der Waals surface area contributed by atoms with Gasteiger partial charge in [0.1, 0.15) is 0 Å². The molecule has 0 bridgehead atoms. The number of carbonyl (C=O) groups excluding carboxylic acids is 1. The quantitative estimate of drug-likeness (QED) is 0.792. The zero-order chi connectivity index (χ0) is 15.3. The average Bonchev–Trinajstić information content (AvgIpc) is 2.97. The van der Waals surface area contributed by atoms with E-state index in [-0.39, 0.29) is 36.8 Å². The van der Waals surface area contributed by atoms with Crippen LogP contribution in [-0.2, 0) is 16.0 Å². The summed E-state index contributed by atoms with van der Waals surface area (Å²) >= 11 is 1.65. The number of methoxy groups -OCH3 is 1. The highest BCUT2D eigenvalue weighted by atomic mass is 35.5. The van der Waals surface area contributed by atoms with Crippen LogP contribution < -0.4 is 10.6 Å². The van der Waals surface area contributed by atoms with E-state index in [0.29, 0.717) is 6.61 Å². The maximum atomic E-state index is 12.7. The van der Waals surface area contributed by atoms with E-state index in [2.05, 4.69) is 22.5 Å². The summed E-state index contributed by atoms with van der Waals surface area (Å²) in [6, 6.07) is -0.0577. The van der Waals surface area contributed by atoms with Crippen molar-refractivity contribution in [1.82, 2.24) is 15.6 Å². The SMILES string of the molecule is CCc1nc(C(C)NC(=O)C2(COC)CCNCC2)cs1.Cl.Cl. The van der Waals surface area contributed by atoms with Crippen molar-refractivity contribution < 1.29 is 9.53 Å². The number of thiazole rings is 1.